The molecule has 1 saturated heterocycles. The number of para-hydroxylation sites is 1. The van der Waals surface area contributed by atoms with E-state index in [1.807, 2.05) is 42.5 Å². The van der Waals surface area contributed by atoms with Gasteiger partial charge in [0.2, 0.25) is 11.0 Å². The molecule has 1 aliphatic heterocycles. The van der Waals surface area contributed by atoms with Crippen LogP contribution in [0.1, 0.15) is 29.8 Å². The number of hydrogen-bond acceptors (Lipinski definition) is 6. The first-order chi connectivity index (χ1) is 14.6. The van der Waals surface area contributed by atoms with Crippen LogP contribution in [0.5, 0.6) is 5.75 Å². The number of carbonyl (C=O) groups is 2. The number of aryl methyl sites for hydroxylation is 1. The molecule has 0 aliphatic carbocycles. The van der Waals surface area contributed by atoms with Gasteiger partial charge in [-0.2, -0.15) is 0 Å². The zero-order valence-electron chi connectivity index (χ0n) is 16.6. The molecule has 4 rings (SSSR count). The van der Waals surface area contributed by atoms with Crippen molar-refractivity contribution in [3.05, 3.63) is 65.2 Å². The van der Waals surface area contributed by atoms with Gasteiger partial charge in [-0.05, 0) is 36.2 Å². The summed E-state index contributed by atoms with van der Waals surface area (Å²) in [6, 6.07) is 17.2. The summed E-state index contributed by atoms with van der Waals surface area (Å²) < 4.78 is 5.43. The molecule has 8 heteroatoms. The first kappa shape index (κ1) is 20.0. The number of aromatic nitrogens is 2. The molecule has 2 aromatic carbocycles. The average molecular weight is 423 g/mol. The van der Waals surface area contributed by atoms with Crippen molar-refractivity contribution in [3.63, 3.8) is 0 Å². The largest absolute Gasteiger partial charge is 0.484 e. The van der Waals surface area contributed by atoms with E-state index < -0.39 is 0 Å². The number of carbonyl (C=O) groups excluding carboxylic acids is 2. The fraction of sp³-hybridized carbons (Fsp3) is 0.273. The van der Waals surface area contributed by atoms with Crippen LogP contribution in [0.4, 0.5) is 10.8 Å². The molecule has 1 aliphatic rings. The zero-order valence-corrected chi connectivity index (χ0v) is 17.4. The third kappa shape index (κ3) is 4.65. The number of hydrogen-bond donors (Lipinski definition) is 1. The lowest BCUT2D eigenvalue weighted by Gasteiger charge is -2.16. The van der Waals surface area contributed by atoms with Crippen LogP contribution in [-0.2, 0) is 16.0 Å². The highest BCUT2D eigenvalue weighted by molar-refractivity contribution is 7.15. The highest BCUT2D eigenvalue weighted by Crippen LogP contribution is 2.34. The molecular weight excluding hydrogens is 400 g/mol. The second kappa shape index (κ2) is 9.04. The van der Waals surface area contributed by atoms with Crippen LogP contribution in [0.25, 0.3) is 0 Å². The van der Waals surface area contributed by atoms with Gasteiger partial charge in [0.05, 0.1) is 0 Å². The van der Waals surface area contributed by atoms with Gasteiger partial charge in [0, 0.05) is 24.6 Å². The van der Waals surface area contributed by atoms with Crippen molar-refractivity contribution in [3.8, 4) is 5.75 Å². The summed E-state index contributed by atoms with van der Waals surface area (Å²) in [5, 5.41) is 12.1. The van der Waals surface area contributed by atoms with Crippen LogP contribution in [0, 0.1) is 0 Å². The number of amides is 2. The topological polar surface area (TPSA) is 84.4 Å². The molecule has 1 aromatic heterocycles. The van der Waals surface area contributed by atoms with E-state index in [0.717, 1.165) is 17.1 Å². The maximum atomic E-state index is 12.5. The van der Waals surface area contributed by atoms with Crippen molar-refractivity contribution in [1.82, 2.24) is 10.2 Å². The molecule has 0 spiro atoms. The minimum atomic E-state index is -0.304. The van der Waals surface area contributed by atoms with Gasteiger partial charge in [-0.25, -0.2) is 0 Å². The van der Waals surface area contributed by atoms with Crippen molar-refractivity contribution in [2.75, 3.05) is 23.4 Å². The number of nitrogens with zero attached hydrogens (tertiary/aromatic N) is 3. The molecule has 7 nitrogen and oxygen atoms in total. The van der Waals surface area contributed by atoms with E-state index in [1.165, 1.54) is 16.9 Å². The summed E-state index contributed by atoms with van der Waals surface area (Å²) in [4.78, 5) is 26.4. The smallest absolute Gasteiger partial charge is 0.264 e. The van der Waals surface area contributed by atoms with Gasteiger partial charge in [-0.15, -0.1) is 10.2 Å². The second-order valence-corrected chi connectivity index (χ2v) is 8.03. The van der Waals surface area contributed by atoms with Crippen LogP contribution in [0.3, 0.4) is 0 Å². The van der Waals surface area contributed by atoms with E-state index >= 15 is 0 Å². The monoisotopic (exact) mass is 422 g/mol. The van der Waals surface area contributed by atoms with Crippen LogP contribution in [0.15, 0.2) is 54.6 Å². The minimum Gasteiger partial charge on any atom is -0.484 e. The Morgan fingerprint density at radius 3 is 2.67 bits per heavy atom. The Hall–Kier alpha value is -3.26. The molecule has 30 heavy (non-hydrogen) atoms. The molecule has 0 bridgehead atoms. The lowest BCUT2D eigenvalue weighted by atomic mass is 10.1. The number of anilines is 2. The zero-order chi connectivity index (χ0) is 20.9. The lowest BCUT2D eigenvalue weighted by Crippen LogP contribution is -2.24. The minimum absolute atomic E-state index is 0.0351. The van der Waals surface area contributed by atoms with E-state index in [9.17, 15) is 9.59 Å². The third-order valence-corrected chi connectivity index (χ3v) is 5.93. The summed E-state index contributed by atoms with van der Waals surface area (Å²) in [5.41, 5.74) is 2.14. The number of benzene rings is 2. The van der Waals surface area contributed by atoms with Gasteiger partial charge in [0.15, 0.2) is 6.61 Å². The second-order valence-electron chi connectivity index (χ2n) is 7.02. The summed E-state index contributed by atoms with van der Waals surface area (Å²) in [6.07, 6.45) is 1.35. The molecule has 3 aromatic rings. The third-order valence-electron chi connectivity index (χ3n) is 4.93. The van der Waals surface area contributed by atoms with E-state index in [2.05, 4.69) is 22.4 Å². The Kier molecular flexibility index (Phi) is 6.04. The molecule has 154 valence electrons. The Morgan fingerprint density at radius 1 is 1.17 bits per heavy atom. The quantitative estimate of drug-likeness (QED) is 0.628. The van der Waals surface area contributed by atoms with Crippen molar-refractivity contribution < 1.29 is 14.3 Å². The molecule has 1 fully saturated rings. The van der Waals surface area contributed by atoms with E-state index in [4.69, 9.17) is 4.74 Å². The van der Waals surface area contributed by atoms with E-state index in [1.54, 1.807) is 17.0 Å². The first-order valence-electron chi connectivity index (χ1n) is 9.82. The van der Waals surface area contributed by atoms with Crippen molar-refractivity contribution in [2.24, 2.45) is 0 Å². The van der Waals surface area contributed by atoms with Crippen molar-refractivity contribution in [1.29, 1.82) is 0 Å². The van der Waals surface area contributed by atoms with Crippen LogP contribution >= 0.6 is 11.3 Å². The Labute approximate surface area is 178 Å². The standard InChI is InChI=1S/C22H22N4O3S/c1-2-15-8-10-17(11-9-15)26-13-16(12-20(26)28)21-24-25-22(30-21)23-19(27)14-29-18-6-4-3-5-7-18/h3-11,16H,2,12-14H2,1H3,(H,23,25,27)/t16-/m0/s1. The van der Waals surface area contributed by atoms with Crippen LogP contribution in [0.2, 0.25) is 0 Å². The van der Waals surface area contributed by atoms with E-state index in [0.29, 0.717) is 23.8 Å². The fourth-order valence-corrected chi connectivity index (χ4v) is 4.16. The highest BCUT2D eigenvalue weighted by atomic mass is 32.1. The van der Waals surface area contributed by atoms with Gasteiger partial charge < -0.3 is 9.64 Å². The van der Waals surface area contributed by atoms with Gasteiger partial charge in [-0.3, -0.25) is 14.9 Å². The predicted molar refractivity (Wildman–Crippen MR) is 116 cm³/mol. The van der Waals surface area contributed by atoms with Gasteiger partial charge >= 0.3 is 0 Å². The van der Waals surface area contributed by atoms with Crippen LogP contribution < -0.4 is 15.0 Å². The van der Waals surface area contributed by atoms with Crippen LogP contribution in [-0.4, -0.2) is 35.2 Å². The van der Waals surface area contributed by atoms with Gasteiger partial charge in [-0.1, -0.05) is 48.6 Å². The summed E-state index contributed by atoms with van der Waals surface area (Å²) in [5.74, 6) is 0.359. The molecule has 2 heterocycles. The molecular formula is C22H22N4O3S. The molecule has 1 N–H and O–H groups in total. The Bertz CT molecular complexity index is 1020. The Balaban J connectivity index is 1.34. The molecule has 1 atom stereocenters. The number of rotatable bonds is 7. The first-order valence-corrected chi connectivity index (χ1v) is 10.6. The van der Waals surface area contributed by atoms with Crippen molar-refractivity contribution >= 4 is 34.0 Å². The van der Waals surface area contributed by atoms with Crippen molar-refractivity contribution in [2.45, 2.75) is 25.7 Å². The molecule has 2 amide bonds. The SMILES string of the molecule is CCc1ccc(N2C[C@@H](c3nnc(NC(=O)COc4ccccc4)s3)CC2=O)cc1. The summed E-state index contributed by atoms with van der Waals surface area (Å²) in [7, 11) is 0. The predicted octanol–water partition coefficient (Wildman–Crippen LogP) is 3.64. The average Bonchev–Trinajstić information content (AvgIpc) is 3.39. The highest BCUT2D eigenvalue weighted by Gasteiger charge is 2.34. The number of nitrogens with one attached hydrogen (secondary N) is 1. The molecule has 0 radical (unpaired) electrons. The summed E-state index contributed by atoms with van der Waals surface area (Å²) >= 11 is 1.30. The maximum Gasteiger partial charge on any atom is 0.264 e. The van der Waals surface area contributed by atoms with Gasteiger partial charge in [0.25, 0.3) is 5.91 Å². The Morgan fingerprint density at radius 2 is 1.93 bits per heavy atom. The van der Waals surface area contributed by atoms with E-state index in [-0.39, 0.29) is 24.3 Å². The maximum absolute atomic E-state index is 12.5. The number of ether oxygens (including phenoxy) is 1. The molecule has 0 unspecified atom stereocenters. The summed E-state index contributed by atoms with van der Waals surface area (Å²) in [6.45, 7) is 2.55. The lowest BCUT2D eigenvalue weighted by molar-refractivity contribution is -0.118. The normalized spacial score (nSPS) is 16.0. The molecule has 0 saturated carbocycles. The van der Waals surface area contributed by atoms with Gasteiger partial charge in [0.1, 0.15) is 10.8 Å². The fourth-order valence-electron chi connectivity index (χ4n) is 3.31.